The lowest BCUT2D eigenvalue weighted by Gasteiger charge is -2.38. The molecule has 2 fully saturated rings. The Morgan fingerprint density at radius 2 is 1.90 bits per heavy atom. The van der Waals surface area contributed by atoms with Gasteiger partial charge in [0, 0.05) is 43.5 Å². The number of piperidine rings is 1. The summed E-state index contributed by atoms with van der Waals surface area (Å²) >= 11 is 0. The summed E-state index contributed by atoms with van der Waals surface area (Å²) in [6, 6.07) is 16.0. The summed E-state index contributed by atoms with van der Waals surface area (Å²) in [5.41, 5.74) is 1.01. The highest BCUT2D eigenvalue weighted by molar-refractivity contribution is 7.90. The largest absolute Gasteiger partial charge is 0.491 e. The smallest absolute Gasteiger partial charge is 0.244 e. The standard InChI is InChI=1S/C28H35N3O7S2/c1-39(33,34)20-21-5-4-7-25(13-21)37-19-24(32)16-29-23-15-28(38-18-23)9-11-31(12-10-28)40(35,36)26-14-22-6-2-3-8-27(22)30-17-26/h2-8,13-14,17,23-24,29,32H,9-12,15-16,18-20H2,1H3/t23-,24?/m1/s1. The first-order valence-corrected chi connectivity index (χ1v) is 16.8. The van der Waals surface area contributed by atoms with Gasteiger partial charge < -0.3 is 19.9 Å². The molecule has 0 bridgehead atoms. The topological polar surface area (TPSA) is 135 Å². The fourth-order valence-corrected chi connectivity index (χ4v) is 7.59. The van der Waals surface area contributed by atoms with E-state index >= 15 is 0 Å². The van der Waals surface area contributed by atoms with E-state index in [1.54, 1.807) is 30.3 Å². The van der Waals surface area contributed by atoms with Crippen molar-refractivity contribution in [3.8, 4) is 5.75 Å². The number of sulfone groups is 1. The van der Waals surface area contributed by atoms with Crippen molar-refractivity contribution in [1.82, 2.24) is 14.6 Å². The number of benzene rings is 2. The number of ether oxygens (including phenoxy) is 2. The third kappa shape index (κ3) is 6.99. The lowest BCUT2D eigenvalue weighted by molar-refractivity contribution is -0.0312. The van der Waals surface area contributed by atoms with Crippen LogP contribution < -0.4 is 10.1 Å². The molecule has 10 nitrogen and oxygen atoms in total. The van der Waals surface area contributed by atoms with Gasteiger partial charge in [0.05, 0.1) is 23.5 Å². The van der Waals surface area contributed by atoms with Gasteiger partial charge in [0.1, 0.15) is 23.4 Å². The van der Waals surface area contributed by atoms with E-state index in [1.807, 2.05) is 24.3 Å². The number of nitrogens with zero attached hydrogens (tertiary/aromatic N) is 2. The monoisotopic (exact) mass is 589 g/mol. The molecule has 12 heteroatoms. The molecule has 3 aromatic rings. The Balaban J connectivity index is 1.08. The second kappa shape index (κ2) is 11.7. The van der Waals surface area contributed by atoms with Crippen LogP contribution in [0.2, 0.25) is 0 Å². The first kappa shape index (κ1) is 28.9. The molecule has 2 aliphatic heterocycles. The predicted molar refractivity (Wildman–Crippen MR) is 151 cm³/mol. The van der Waals surface area contributed by atoms with Gasteiger partial charge in [-0.05, 0) is 49.1 Å². The van der Waals surface area contributed by atoms with Gasteiger partial charge >= 0.3 is 0 Å². The van der Waals surface area contributed by atoms with Crippen molar-refractivity contribution >= 4 is 30.8 Å². The zero-order valence-corrected chi connectivity index (χ0v) is 24.0. The third-order valence-corrected chi connectivity index (χ3v) is 10.2. The SMILES string of the molecule is CS(=O)(=O)Cc1cccc(OCC(O)CN[C@H]2COC3(CCN(S(=O)(=O)c4cnc5ccccc5c4)CC3)C2)c1. The van der Waals surface area contributed by atoms with Gasteiger partial charge in [0.25, 0.3) is 0 Å². The van der Waals surface area contributed by atoms with Gasteiger partial charge in [-0.2, -0.15) is 4.31 Å². The fraction of sp³-hybridized carbons (Fsp3) is 0.464. The van der Waals surface area contributed by atoms with Crippen molar-refractivity contribution in [3.63, 3.8) is 0 Å². The lowest BCUT2D eigenvalue weighted by atomic mass is 9.88. The average Bonchev–Trinajstić information content (AvgIpc) is 3.32. The molecule has 40 heavy (non-hydrogen) atoms. The van der Waals surface area contributed by atoms with Crippen molar-refractivity contribution < 1.29 is 31.4 Å². The highest BCUT2D eigenvalue weighted by atomic mass is 32.2. The first-order chi connectivity index (χ1) is 19.0. The van der Waals surface area contributed by atoms with Crippen molar-refractivity contribution in [2.75, 3.05) is 39.1 Å². The third-order valence-electron chi connectivity index (χ3n) is 7.46. The van der Waals surface area contributed by atoms with E-state index in [-0.39, 0.29) is 28.9 Å². The molecule has 216 valence electrons. The molecule has 2 N–H and O–H groups in total. The lowest BCUT2D eigenvalue weighted by Crippen LogP contribution is -2.47. The molecule has 0 saturated carbocycles. The van der Waals surface area contributed by atoms with E-state index in [4.69, 9.17) is 9.47 Å². The number of hydrogen-bond acceptors (Lipinski definition) is 9. The number of nitrogens with one attached hydrogen (secondary N) is 1. The summed E-state index contributed by atoms with van der Waals surface area (Å²) in [6.45, 7) is 1.60. The minimum absolute atomic E-state index is 0.0422. The Morgan fingerprint density at radius 1 is 1.12 bits per heavy atom. The van der Waals surface area contributed by atoms with Crippen LogP contribution in [-0.4, -0.2) is 88.1 Å². The first-order valence-electron chi connectivity index (χ1n) is 13.3. The zero-order chi connectivity index (χ0) is 28.4. The second-order valence-electron chi connectivity index (χ2n) is 10.8. The number of pyridine rings is 1. The Kier molecular flexibility index (Phi) is 8.46. The van der Waals surface area contributed by atoms with Crippen LogP contribution in [0.1, 0.15) is 24.8 Å². The summed E-state index contributed by atoms with van der Waals surface area (Å²) in [5.74, 6) is 0.437. The summed E-state index contributed by atoms with van der Waals surface area (Å²) < 4.78 is 63.0. The average molecular weight is 590 g/mol. The number of fused-ring (bicyclic) bond motifs is 1. The maximum Gasteiger partial charge on any atom is 0.244 e. The van der Waals surface area contributed by atoms with Crippen LogP contribution in [0.5, 0.6) is 5.75 Å². The van der Waals surface area contributed by atoms with Crippen LogP contribution in [0.25, 0.3) is 10.9 Å². The Morgan fingerprint density at radius 3 is 2.67 bits per heavy atom. The molecular weight excluding hydrogens is 554 g/mol. The molecule has 2 atom stereocenters. The quantitative estimate of drug-likeness (QED) is 0.365. The molecular formula is C28H35N3O7S2. The van der Waals surface area contributed by atoms with Gasteiger partial charge in [-0.25, -0.2) is 16.8 Å². The maximum atomic E-state index is 13.3. The van der Waals surface area contributed by atoms with Crippen LogP contribution in [-0.2, 0) is 30.4 Å². The highest BCUT2D eigenvalue weighted by Gasteiger charge is 2.44. The van der Waals surface area contributed by atoms with Crippen LogP contribution in [0.15, 0.2) is 65.7 Å². The van der Waals surface area contributed by atoms with Gasteiger partial charge in [-0.1, -0.05) is 30.3 Å². The highest BCUT2D eigenvalue weighted by Crippen LogP contribution is 2.37. The van der Waals surface area contributed by atoms with Crippen molar-refractivity contribution in [3.05, 3.63) is 66.4 Å². The van der Waals surface area contributed by atoms with Gasteiger partial charge in [-0.3, -0.25) is 4.98 Å². The van der Waals surface area contributed by atoms with Crippen LogP contribution in [0.3, 0.4) is 0 Å². The number of rotatable bonds is 10. The van der Waals surface area contributed by atoms with Gasteiger partial charge in [0.15, 0.2) is 9.84 Å². The number of aromatic nitrogens is 1. The fourth-order valence-electron chi connectivity index (χ4n) is 5.38. The molecule has 1 spiro atoms. The summed E-state index contributed by atoms with van der Waals surface area (Å²) in [6.07, 6.45) is 3.77. The van der Waals surface area contributed by atoms with Gasteiger partial charge in [-0.15, -0.1) is 0 Å². The van der Waals surface area contributed by atoms with Crippen LogP contribution >= 0.6 is 0 Å². The van der Waals surface area contributed by atoms with E-state index in [1.165, 1.54) is 16.8 Å². The molecule has 2 aromatic carbocycles. The number of aliphatic hydroxyl groups excluding tert-OH is 1. The molecule has 5 rings (SSSR count). The van der Waals surface area contributed by atoms with E-state index in [0.717, 1.165) is 17.3 Å². The van der Waals surface area contributed by atoms with Crippen LogP contribution in [0.4, 0.5) is 0 Å². The zero-order valence-electron chi connectivity index (χ0n) is 22.4. The molecule has 1 aromatic heterocycles. The number of para-hydroxylation sites is 1. The second-order valence-corrected chi connectivity index (χ2v) is 14.8. The Hall–Kier alpha value is -2.61. The van der Waals surface area contributed by atoms with E-state index in [0.29, 0.717) is 50.4 Å². The van der Waals surface area contributed by atoms with Crippen LogP contribution in [0, 0.1) is 0 Å². The predicted octanol–water partition coefficient (Wildman–Crippen LogP) is 2.12. The number of aliphatic hydroxyl groups is 1. The summed E-state index contributed by atoms with van der Waals surface area (Å²) in [4.78, 5) is 4.52. The van der Waals surface area contributed by atoms with E-state index in [2.05, 4.69) is 10.3 Å². The van der Waals surface area contributed by atoms with Gasteiger partial charge in [0.2, 0.25) is 10.0 Å². The Labute approximate surface area is 235 Å². The summed E-state index contributed by atoms with van der Waals surface area (Å²) in [7, 11) is -6.80. The normalized spacial score (nSPS) is 20.6. The summed E-state index contributed by atoms with van der Waals surface area (Å²) in [5, 5.41) is 14.6. The molecule has 2 aliphatic rings. The molecule has 2 saturated heterocycles. The van der Waals surface area contributed by atoms with Crippen molar-refractivity contribution in [1.29, 1.82) is 0 Å². The molecule has 3 heterocycles. The Bertz CT molecular complexity index is 1550. The van der Waals surface area contributed by atoms with Crippen molar-refractivity contribution in [2.45, 2.75) is 47.7 Å². The molecule has 0 radical (unpaired) electrons. The minimum Gasteiger partial charge on any atom is -0.491 e. The van der Waals surface area contributed by atoms with E-state index < -0.39 is 26.0 Å². The van der Waals surface area contributed by atoms with Crippen molar-refractivity contribution in [2.24, 2.45) is 0 Å². The molecule has 0 aliphatic carbocycles. The number of sulfonamides is 1. The maximum absolute atomic E-state index is 13.3. The minimum atomic E-state index is -3.65. The van der Waals surface area contributed by atoms with E-state index in [9.17, 15) is 21.9 Å². The molecule has 1 unspecified atom stereocenters. The molecule has 0 amide bonds. The number of hydrogen-bond donors (Lipinski definition) is 2.